The van der Waals surface area contributed by atoms with Crippen LogP contribution >= 0.6 is 0 Å². The van der Waals surface area contributed by atoms with E-state index in [9.17, 15) is 9.59 Å². The van der Waals surface area contributed by atoms with Crippen molar-refractivity contribution in [1.82, 2.24) is 15.5 Å². The summed E-state index contributed by atoms with van der Waals surface area (Å²) in [5.74, 6) is -0.347. The highest BCUT2D eigenvalue weighted by molar-refractivity contribution is 6.00. The van der Waals surface area contributed by atoms with E-state index < -0.39 is 12.1 Å². The number of hydrogen-bond donors (Lipinski definition) is 4. The lowest BCUT2D eigenvalue weighted by molar-refractivity contribution is -0.118. The third-order valence-electron chi connectivity index (χ3n) is 3.98. The Balaban J connectivity index is 1.66. The topological polar surface area (TPSA) is 98.9 Å². The van der Waals surface area contributed by atoms with Crippen LogP contribution in [0.25, 0.3) is 10.9 Å². The summed E-state index contributed by atoms with van der Waals surface area (Å²) in [6.45, 7) is 3.76. The summed E-state index contributed by atoms with van der Waals surface area (Å²) in [5.41, 5.74) is 2.21. The first-order chi connectivity index (χ1) is 12.5. The molecule has 1 aromatic heterocycles. The van der Waals surface area contributed by atoms with E-state index in [1.165, 1.54) is 0 Å². The number of aromatic amines is 1. The van der Waals surface area contributed by atoms with E-state index in [0.29, 0.717) is 11.4 Å². The molecule has 0 radical (unpaired) electrons. The fourth-order valence-corrected chi connectivity index (χ4v) is 2.61. The molecule has 0 spiro atoms. The second-order valence-corrected chi connectivity index (χ2v) is 6.35. The Labute approximate surface area is 151 Å². The van der Waals surface area contributed by atoms with E-state index in [4.69, 9.17) is 0 Å². The molecule has 7 heteroatoms. The van der Waals surface area contributed by atoms with Crippen molar-refractivity contribution in [3.05, 3.63) is 54.7 Å². The smallest absolute Gasteiger partial charge is 0.319 e. The van der Waals surface area contributed by atoms with Crippen LogP contribution in [-0.2, 0) is 4.79 Å². The van der Waals surface area contributed by atoms with Crippen molar-refractivity contribution in [3.63, 3.8) is 0 Å². The van der Waals surface area contributed by atoms with E-state index in [1.54, 1.807) is 24.4 Å². The van der Waals surface area contributed by atoms with Gasteiger partial charge in [-0.2, -0.15) is 5.10 Å². The van der Waals surface area contributed by atoms with Crippen LogP contribution in [0.4, 0.5) is 16.2 Å². The first-order valence-corrected chi connectivity index (χ1v) is 8.39. The Kier molecular flexibility index (Phi) is 5.17. The summed E-state index contributed by atoms with van der Waals surface area (Å²) >= 11 is 0. The summed E-state index contributed by atoms with van der Waals surface area (Å²) in [6.07, 6.45) is 1.69. The molecule has 134 valence electrons. The number of para-hydroxylation sites is 1. The number of carbonyl (C=O) groups is 2. The standard InChI is InChI=1S/C19H21N5O2/c1-12(2)17(23-19(26)22-14-6-4-3-5-7-14)18(25)21-15-8-9-16-13(10-15)11-20-24-16/h3-12,17H,1-2H3,(H,20,24)(H,21,25)(H2,22,23,26)/t17-/m0/s1. The van der Waals surface area contributed by atoms with Gasteiger partial charge in [0.1, 0.15) is 6.04 Å². The largest absolute Gasteiger partial charge is 0.326 e. The van der Waals surface area contributed by atoms with Crippen molar-refractivity contribution in [3.8, 4) is 0 Å². The number of hydrogen-bond acceptors (Lipinski definition) is 3. The van der Waals surface area contributed by atoms with Crippen LogP contribution in [0.2, 0.25) is 0 Å². The summed E-state index contributed by atoms with van der Waals surface area (Å²) in [5, 5.41) is 16.0. The molecule has 3 amide bonds. The number of urea groups is 1. The quantitative estimate of drug-likeness (QED) is 0.567. The number of fused-ring (bicyclic) bond motifs is 1. The zero-order chi connectivity index (χ0) is 18.5. The number of aromatic nitrogens is 2. The maximum Gasteiger partial charge on any atom is 0.319 e. The van der Waals surface area contributed by atoms with Gasteiger partial charge in [0.2, 0.25) is 5.91 Å². The third-order valence-corrected chi connectivity index (χ3v) is 3.98. The molecule has 26 heavy (non-hydrogen) atoms. The van der Waals surface area contributed by atoms with Gasteiger partial charge in [-0.25, -0.2) is 4.79 Å². The number of H-pyrrole nitrogens is 1. The van der Waals surface area contributed by atoms with Crippen molar-refractivity contribution in [2.75, 3.05) is 10.6 Å². The van der Waals surface area contributed by atoms with Crippen molar-refractivity contribution in [2.45, 2.75) is 19.9 Å². The lowest BCUT2D eigenvalue weighted by atomic mass is 10.0. The lowest BCUT2D eigenvalue weighted by Gasteiger charge is -2.22. The molecule has 4 N–H and O–H groups in total. The SMILES string of the molecule is CC(C)[C@H](NC(=O)Nc1ccccc1)C(=O)Nc1ccc2[nH]ncc2c1. The van der Waals surface area contributed by atoms with E-state index in [-0.39, 0.29) is 11.8 Å². The number of benzene rings is 2. The van der Waals surface area contributed by atoms with Gasteiger partial charge >= 0.3 is 6.03 Å². The summed E-state index contributed by atoms with van der Waals surface area (Å²) in [7, 11) is 0. The zero-order valence-electron chi connectivity index (χ0n) is 14.6. The van der Waals surface area contributed by atoms with Crippen LogP contribution in [-0.4, -0.2) is 28.2 Å². The maximum absolute atomic E-state index is 12.6. The molecule has 7 nitrogen and oxygen atoms in total. The van der Waals surface area contributed by atoms with Gasteiger partial charge in [0.15, 0.2) is 0 Å². The fraction of sp³-hybridized carbons (Fsp3) is 0.211. The van der Waals surface area contributed by atoms with Crippen molar-refractivity contribution in [2.24, 2.45) is 5.92 Å². The first kappa shape index (κ1) is 17.5. The highest BCUT2D eigenvalue weighted by Gasteiger charge is 2.24. The van der Waals surface area contributed by atoms with Crippen molar-refractivity contribution in [1.29, 1.82) is 0 Å². The van der Waals surface area contributed by atoms with Crippen LogP contribution in [0.5, 0.6) is 0 Å². The molecular weight excluding hydrogens is 330 g/mol. The predicted octanol–water partition coefficient (Wildman–Crippen LogP) is 3.35. The Bertz CT molecular complexity index is 904. The Hall–Kier alpha value is -3.35. The Morgan fingerprint density at radius 1 is 1.00 bits per heavy atom. The average Bonchev–Trinajstić information content (AvgIpc) is 3.08. The summed E-state index contributed by atoms with van der Waals surface area (Å²) < 4.78 is 0. The molecule has 0 aliphatic rings. The monoisotopic (exact) mass is 351 g/mol. The number of nitrogens with zero attached hydrogens (tertiary/aromatic N) is 1. The Morgan fingerprint density at radius 2 is 1.77 bits per heavy atom. The third kappa shape index (κ3) is 4.18. The van der Waals surface area contributed by atoms with Gasteiger partial charge in [-0.15, -0.1) is 0 Å². The number of carbonyl (C=O) groups excluding carboxylic acids is 2. The van der Waals surface area contributed by atoms with Gasteiger partial charge in [0.25, 0.3) is 0 Å². The summed E-state index contributed by atoms with van der Waals surface area (Å²) in [4.78, 5) is 24.8. The highest BCUT2D eigenvalue weighted by Crippen LogP contribution is 2.17. The Morgan fingerprint density at radius 3 is 2.50 bits per heavy atom. The van der Waals surface area contributed by atoms with Gasteiger partial charge in [-0.3, -0.25) is 9.89 Å². The van der Waals surface area contributed by atoms with Crippen LogP contribution in [0.15, 0.2) is 54.7 Å². The molecular formula is C19H21N5O2. The number of amides is 3. The fourth-order valence-electron chi connectivity index (χ4n) is 2.61. The molecule has 3 rings (SSSR count). The minimum absolute atomic E-state index is 0.0748. The molecule has 1 atom stereocenters. The first-order valence-electron chi connectivity index (χ1n) is 8.39. The molecule has 3 aromatic rings. The van der Waals surface area contributed by atoms with Crippen LogP contribution in [0.3, 0.4) is 0 Å². The lowest BCUT2D eigenvalue weighted by Crippen LogP contribution is -2.48. The van der Waals surface area contributed by atoms with Crippen LogP contribution in [0.1, 0.15) is 13.8 Å². The number of rotatable bonds is 5. The van der Waals surface area contributed by atoms with Gasteiger partial charge < -0.3 is 16.0 Å². The molecule has 0 bridgehead atoms. The van der Waals surface area contributed by atoms with Gasteiger partial charge in [0.05, 0.1) is 11.7 Å². The second-order valence-electron chi connectivity index (χ2n) is 6.35. The van der Waals surface area contributed by atoms with E-state index in [2.05, 4.69) is 26.1 Å². The van der Waals surface area contributed by atoms with Gasteiger partial charge in [0, 0.05) is 16.8 Å². The normalized spacial score (nSPS) is 12.0. The molecule has 2 aromatic carbocycles. The van der Waals surface area contributed by atoms with Gasteiger partial charge in [-0.05, 0) is 36.2 Å². The molecule has 0 fully saturated rings. The average molecular weight is 351 g/mol. The highest BCUT2D eigenvalue weighted by atomic mass is 16.2. The molecule has 0 aliphatic carbocycles. The maximum atomic E-state index is 12.6. The minimum Gasteiger partial charge on any atom is -0.326 e. The molecule has 1 heterocycles. The van der Waals surface area contributed by atoms with E-state index >= 15 is 0 Å². The van der Waals surface area contributed by atoms with Gasteiger partial charge in [-0.1, -0.05) is 32.0 Å². The van der Waals surface area contributed by atoms with E-state index in [1.807, 2.05) is 44.2 Å². The van der Waals surface area contributed by atoms with E-state index in [0.717, 1.165) is 10.9 Å². The van der Waals surface area contributed by atoms with Crippen LogP contribution in [0, 0.1) is 5.92 Å². The van der Waals surface area contributed by atoms with Crippen molar-refractivity contribution >= 4 is 34.2 Å². The molecule has 0 saturated carbocycles. The zero-order valence-corrected chi connectivity index (χ0v) is 14.6. The minimum atomic E-state index is -0.668. The predicted molar refractivity (Wildman–Crippen MR) is 102 cm³/mol. The number of anilines is 2. The molecule has 0 unspecified atom stereocenters. The summed E-state index contributed by atoms with van der Waals surface area (Å²) in [6, 6.07) is 13.5. The number of nitrogens with one attached hydrogen (secondary N) is 4. The molecule has 0 aliphatic heterocycles. The molecule has 0 saturated heterocycles. The van der Waals surface area contributed by atoms with Crippen LogP contribution < -0.4 is 16.0 Å². The second kappa shape index (κ2) is 7.69. The van der Waals surface area contributed by atoms with Crippen molar-refractivity contribution < 1.29 is 9.59 Å².